The molecule has 0 saturated heterocycles. The third kappa shape index (κ3) is 1.95. The molecular weight excluding hydrogens is 288 g/mol. The molecule has 22 heavy (non-hydrogen) atoms. The topological polar surface area (TPSA) is 105 Å². The highest BCUT2D eigenvalue weighted by Crippen LogP contribution is 2.38. The lowest BCUT2D eigenvalue weighted by atomic mass is 10.1. The van der Waals surface area contributed by atoms with Crippen molar-refractivity contribution in [3.63, 3.8) is 0 Å². The van der Waals surface area contributed by atoms with E-state index >= 15 is 0 Å². The van der Waals surface area contributed by atoms with E-state index in [1.807, 2.05) is 0 Å². The Balaban J connectivity index is 2.45. The fourth-order valence-corrected chi connectivity index (χ4v) is 2.81. The number of benzene rings is 1. The maximum atomic E-state index is 11.0. The predicted molar refractivity (Wildman–Crippen MR) is 79.3 cm³/mol. The van der Waals surface area contributed by atoms with Crippen LogP contribution in [-0.2, 0) is 11.2 Å². The van der Waals surface area contributed by atoms with E-state index in [1.54, 1.807) is 29.7 Å². The first-order valence-corrected chi connectivity index (χ1v) is 6.51. The zero-order chi connectivity index (χ0) is 16.0. The second kappa shape index (κ2) is 4.73. The van der Waals surface area contributed by atoms with Gasteiger partial charge in [-0.3, -0.25) is 14.9 Å². The minimum absolute atomic E-state index is 0.115. The molecule has 0 fully saturated rings. The van der Waals surface area contributed by atoms with Crippen molar-refractivity contribution in [3.05, 3.63) is 51.7 Å². The maximum absolute atomic E-state index is 11.0. The lowest BCUT2D eigenvalue weighted by molar-refractivity contribution is -0.384. The molecule has 7 heteroatoms. The first kappa shape index (κ1) is 13.9. The number of carboxylic acids is 1. The third-order valence-electron chi connectivity index (χ3n) is 3.64. The van der Waals surface area contributed by atoms with E-state index in [4.69, 9.17) is 5.11 Å². The lowest BCUT2D eigenvalue weighted by Crippen LogP contribution is -2.01. The summed E-state index contributed by atoms with van der Waals surface area (Å²) < 4.78 is 1.67. The Labute approximate surface area is 124 Å². The number of nitrogens with zero attached hydrogens (tertiary/aromatic N) is 2. The van der Waals surface area contributed by atoms with Crippen LogP contribution in [0.5, 0.6) is 5.75 Å². The van der Waals surface area contributed by atoms with Crippen molar-refractivity contribution in [1.29, 1.82) is 0 Å². The van der Waals surface area contributed by atoms with Crippen LogP contribution in [0.2, 0.25) is 0 Å². The molecule has 0 atom stereocenters. The van der Waals surface area contributed by atoms with Crippen molar-refractivity contribution in [2.75, 3.05) is 0 Å². The number of aliphatic carboxylic acids is 1. The zero-order valence-electron chi connectivity index (χ0n) is 11.6. The summed E-state index contributed by atoms with van der Waals surface area (Å²) in [6.45, 7) is 1.71. The molecular formula is C15H12N2O5. The second-order valence-corrected chi connectivity index (χ2v) is 5.09. The fourth-order valence-electron chi connectivity index (χ4n) is 2.81. The number of aromatic hydroxyl groups is 1. The van der Waals surface area contributed by atoms with E-state index in [0.717, 1.165) is 0 Å². The summed E-state index contributed by atoms with van der Waals surface area (Å²) >= 11 is 0. The summed E-state index contributed by atoms with van der Waals surface area (Å²) in [6.07, 6.45) is 1.46. The monoisotopic (exact) mass is 300 g/mol. The number of aryl methyl sites for hydroxylation is 1. The van der Waals surface area contributed by atoms with Gasteiger partial charge in [0.2, 0.25) is 0 Å². The van der Waals surface area contributed by atoms with Crippen LogP contribution in [0.4, 0.5) is 5.69 Å². The van der Waals surface area contributed by atoms with Gasteiger partial charge in [-0.05, 0) is 24.1 Å². The molecule has 2 aromatic heterocycles. The Bertz CT molecular complexity index is 942. The molecule has 0 aliphatic carbocycles. The average Bonchev–Trinajstić information content (AvgIpc) is 2.73. The van der Waals surface area contributed by atoms with Gasteiger partial charge in [-0.25, -0.2) is 0 Å². The number of pyridine rings is 1. The number of hydrogen-bond donors (Lipinski definition) is 2. The first-order chi connectivity index (χ1) is 10.4. The Hall–Kier alpha value is -3.09. The van der Waals surface area contributed by atoms with Gasteiger partial charge in [0, 0.05) is 23.7 Å². The molecule has 0 spiro atoms. The molecule has 2 N–H and O–H groups in total. The van der Waals surface area contributed by atoms with E-state index in [-0.39, 0.29) is 17.9 Å². The molecule has 0 unspecified atom stereocenters. The van der Waals surface area contributed by atoms with Crippen LogP contribution in [0.15, 0.2) is 30.5 Å². The maximum Gasteiger partial charge on any atom is 0.307 e. The highest BCUT2D eigenvalue weighted by molar-refractivity contribution is 6.00. The normalized spacial score (nSPS) is 11.1. The molecule has 0 aliphatic heterocycles. The van der Waals surface area contributed by atoms with Gasteiger partial charge in [0.15, 0.2) is 0 Å². The molecule has 0 radical (unpaired) electrons. The number of hydrogen-bond acceptors (Lipinski definition) is 4. The molecule has 2 heterocycles. The molecule has 0 bridgehead atoms. The number of nitro groups is 1. The number of fused-ring (bicyclic) bond motifs is 3. The van der Waals surface area contributed by atoms with Crippen LogP contribution in [-0.4, -0.2) is 25.5 Å². The Morgan fingerprint density at radius 1 is 1.36 bits per heavy atom. The summed E-state index contributed by atoms with van der Waals surface area (Å²) in [5, 5.41) is 30.7. The van der Waals surface area contributed by atoms with Gasteiger partial charge < -0.3 is 14.6 Å². The van der Waals surface area contributed by atoms with Gasteiger partial charge in [-0.15, -0.1) is 0 Å². The Morgan fingerprint density at radius 3 is 2.73 bits per heavy atom. The van der Waals surface area contributed by atoms with E-state index in [1.165, 1.54) is 12.1 Å². The van der Waals surface area contributed by atoms with Gasteiger partial charge in [0.05, 0.1) is 22.4 Å². The Morgan fingerprint density at radius 2 is 2.09 bits per heavy atom. The van der Waals surface area contributed by atoms with Gasteiger partial charge >= 0.3 is 5.97 Å². The highest BCUT2D eigenvalue weighted by Gasteiger charge is 2.20. The molecule has 7 nitrogen and oxygen atoms in total. The van der Waals surface area contributed by atoms with Crippen molar-refractivity contribution in [1.82, 2.24) is 4.40 Å². The van der Waals surface area contributed by atoms with Crippen LogP contribution in [0.3, 0.4) is 0 Å². The molecule has 0 amide bonds. The van der Waals surface area contributed by atoms with Gasteiger partial charge in [-0.1, -0.05) is 6.07 Å². The summed E-state index contributed by atoms with van der Waals surface area (Å²) in [5.41, 5.74) is 1.96. The van der Waals surface area contributed by atoms with Crippen LogP contribution < -0.4 is 0 Å². The number of non-ortho nitro benzene ring substituents is 1. The standard InChI is InChI=1S/C15H12N2O5/c1-8-5-10(17(21)22)7-11-13(8)16-4-2-3-9(6-12(18)19)14(16)15(11)20/h2-5,7,20H,6H2,1H3,(H,18,19). The largest absolute Gasteiger partial charge is 0.505 e. The number of carboxylic acid groups (broad SMARTS) is 1. The quantitative estimate of drug-likeness (QED) is 0.571. The van der Waals surface area contributed by atoms with E-state index in [2.05, 4.69) is 0 Å². The predicted octanol–water partition coefficient (Wildman–Crippen LogP) is 2.64. The van der Waals surface area contributed by atoms with Crippen molar-refractivity contribution >= 4 is 28.1 Å². The second-order valence-electron chi connectivity index (χ2n) is 5.09. The van der Waals surface area contributed by atoms with Crippen LogP contribution >= 0.6 is 0 Å². The summed E-state index contributed by atoms with van der Waals surface area (Å²) in [7, 11) is 0. The lowest BCUT2D eigenvalue weighted by Gasteiger charge is -2.04. The van der Waals surface area contributed by atoms with E-state index in [0.29, 0.717) is 27.5 Å². The number of nitro benzene ring substituents is 1. The zero-order valence-corrected chi connectivity index (χ0v) is 11.6. The number of aromatic nitrogens is 1. The van der Waals surface area contributed by atoms with Crippen LogP contribution in [0.1, 0.15) is 11.1 Å². The molecule has 0 aliphatic rings. The molecule has 0 saturated carbocycles. The number of carbonyl (C=O) groups is 1. The van der Waals surface area contributed by atoms with Gasteiger partial charge in [0.1, 0.15) is 5.75 Å². The van der Waals surface area contributed by atoms with Crippen molar-refractivity contribution in [2.24, 2.45) is 0 Å². The highest BCUT2D eigenvalue weighted by atomic mass is 16.6. The van der Waals surface area contributed by atoms with Crippen molar-refractivity contribution in [2.45, 2.75) is 13.3 Å². The van der Waals surface area contributed by atoms with Gasteiger partial charge in [-0.2, -0.15) is 0 Å². The van der Waals surface area contributed by atoms with Gasteiger partial charge in [0.25, 0.3) is 5.69 Å². The minimum atomic E-state index is -1.01. The SMILES string of the molecule is Cc1cc([N+](=O)[O-])cc2c(O)c3c(CC(=O)O)cccn3c12. The Kier molecular flexibility index (Phi) is 2.98. The average molecular weight is 300 g/mol. The molecule has 1 aromatic carbocycles. The fraction of sp³-hybridized carbons (Fsp3) is 0.133. The molecule has 3 aromatic rings. The third-order valence-corrected chi connectivity index (χ3v) is 3.64. The van der Waals surface area contributed by atoms with Crippen molar-refractivity contribution in [3.8, 4) is 5.75 Å². The molecule has 3 rings (SSSR count). The summed E-state index contributed by atoms with van der Waals surface area (Å²) in [5.74, 6) is -1.15. The van der Waals surface area contributed by atoms with Crippen molar-refractivity contribution < 1.29 is 19.9 Å². The minimum Gasteiger partial charge on any atom is -0.505 e. The summed E-state index contributed by atoms with van der Waals surface area (Å²) in [4.78, 5) is 21.4. The first-order valence-electron chi connectivity index (χ1n) is 6.51. The van der Waals surface area contributed by atoms with E-state index in [9.17, 15) is 20.0 Å². The number of rotatable bonds is 3. The molecule has 112 valence electrons. The van der Waals surface area contributed by atoms with Crippen LogP contribution in [0, 0.1) is 17.0 Å². The smallest absolute Gasteiger partial charge is 0.307 e. The van der Waals surface area contributed by atoms with E-state index < -0.39 is 10.9 Å². The van der Waals surface area contributed by atoms with Crippen LogP contribution in [0.25, 0.3) is 16.4 Å². The summed E-state index contributed by atoms with van der Waals surface area (Å²) in [6, 6.07) is 6.03.